The summed E-state index contributed by atoms with van der Waals surface area (Å²) in [5.74, 6) is 2.36. The van der Waals surface area contributed by atoms with Crippen molar-refractivity contribution in [3.8, 4) is 11.5 Å². The number of rotatable bonds is 4. The highest BCUT2D eigenvalue weighted by Crippen LogP contribution is 2.31. The van der Waals surface area contributed by atoms with E-state index in [2.05, 4.69) is 20.9 Å². The van der Waals surface area contributed by atoms with Crippen LogP contribution >= 0.6 is 44.7 Å². The predicted molar refractivity (Wildman–Crippen MR) is 123 cm³/mol. The highest BCUT2D eigenvalue weighted by molar-refractivity contribution is 9.10. The topological polar surface area (TPSA) is 51.1 Å². The minimum absolute atomic E-state index is 0. The Bertz CT molecular complexity index is 874. The number of hydrogen-bond donors (Lipinski definition) is 0. The number of aliphatic imine (C=N–C) groups is 1. The number of ketones is 1. The molecular formula is C20H20Br2N2O3S. The highest BCUT2D eigenvalue weighted by atomic mass is 79.9. The van der Waals surface area contributed by atoms with Gasteiger partial charge in [-0.2, -0.15) is 0 Å². The normalized spacial score (nSPS) is 15.2. The van der Waals surface area contributed by atoms with Gasteiger partial charge in [-0.1, -0.05) is 27.7 Å². The third kappa shape index (κ3) is 4.90. The molecule has 0 N–H and O–H groups in total. The molecular weight excluding hydrogens is 508 g/mol. The molecule has 2 aliphatic rings. The molecule has 2 aromatic carbocycles. The lowest BCUT2D eigenvalue weighted by Crippen LogP contribution is -2.35. The van der Waals surface area contributed by atoms with Crippen molar-refractivity contribution in [3.63, 3.8) is 0 Å². The average Bonchev–Trinajstić information content (AvgIpc) is 2.73. The second-order valence-electron chi connectivity index (χ2n) is 6.21. The molecule has 0 fully saturated rings. The van der Waals surface area contributed by atoms with Crippen LogP contribution in [0.3, 0.4) is 0 Å². The lowest BCUT2D eigenvalue weighted by molar-refractivity contribution is 0.100. The lowest BCUT2D eigenvalue weighted by Gasteiger charge is -2.27. The van der Waals surface area contributed by atoms with Crippen LogP contribution in [0.1, 0.15) is 16.8 Å². The van der Waals surface area contributed by atoms with Gasteiger partial charge in [0.15, 0.2) is 22.4 Å². The van der Waals surface area contributed by atoms with Gasteiger partial charge in [-0.3, -0.25) is 9.79 Å². The minimum atomic E-state index is 0. The molecule has 2 aliphatic heterocycles. The van der Waals surface area contributed by atoms with Crippen molar-refractivity contribution in [2.24, 2.45) is 4.99 Å². The Morgan fingerprint density at radius 1 is 1.11 bits per heavy atom. The molecule has 2 aromatic rings. The van der Waals surface area contributed by atoms with E-state index < -0.39 is 0 Å². The molecule has 0 aromatic heterocycles. The summed E-state index contributed by atoms with van der Waals surface area (Å²) < 4.78 is 12.2. The Labute approximate surface area is 187 Å². The van der Waals surface area contributed by atoms with Gasteiger partial charge < -0.3 is 14.4 Å². The smallest absolute Gasteiger partial charge is 0.182 e. The Kier molecular flexibility index (Phi) is 7.42. The summed E-state index contributed by atoms with van der Waals surface area (Å²) >= 11 is 5.16. The molecule has 2 heterocycles. The largest absolute Gasteiger partial charge is 0.486 e. The second-order valence-corrected chi connectivity index (χ2v) is 8.19. The van der Waals surface area contributed by atoms with Crippen LogP contribution in [0.25, 0.3) is 0 Å². The predicted octanol–water partition coefficient (Wildman–Crippen LogP) is 4.98. The zero-order chi connectivity index (χ0) is 18.6. The van der Waals surface area contributed by atoms with Crippen molar-refractivity contribution in [1.82, 2.24) is 0 Å². The third-order valence-electron chi connectivity index (χ3n) is 4.32. The Morgan fingerprint density at radius 3 is 2.57 bits per heavy atom. The molecule has 5 nitrogen and oxygen atoms in total. The average molecular weight is 528 g/mol. The van der Waals surface area contributed by atoms with Crippen molar-refractivity contribution in [2.75, 3.05) is 37.0 Å². The number of ether oxygens (including phenoxy) is 2. The standard InChI is InChI=1S/C20H19BrN2O3S.BrH/c21-15-3-5-16(6-4-15)23(20-22-8-1-11-27-20)13-17(24)14-2-7-18-19(12-14)26-10-9-25-18;/h2-7,12H,1,8-11,13H2;1H. The van der Waals surface area contributed by atoms with Crippen molar-refractivity contribution in [2.45, 2.75) is 6.42 Å². The summed E-state index contributed by atoms with van der Waals surface area (Å²) in [6.07, 6.45) is 1.07. The van der Waals surface area contributed by atoms with E-state index in [1.165, 1.54) is 0 Å². The first-order chi connectivity index (χ1) is 13.2. The first kappa shape index (κ1) is 21.2. The lowest BCUT2D eigenvalue weighted by atomic mass is 10.1. The van der Waals surface area contributed by atoms with Crippen LogP contribution in [0.4, 0.5) is 5.69 Å². The Morgan fingerprint density at radius 2 is 1.86 bits per heavy atom. The molecule has 0 amide bonds. The number of halogens is 2. The summed E-state index contributed by atoms with van der Waals surface area (Å²) in [7, 11) is 0. The van der Waals surface area contributed by atoms with Gasteiger partial charge in [0.2, 0.25) is 0 Å². The van der Waals surface area contributed by atoms with Crippen LogP contribution in [0, 0.1) is 0 Å². The number of amidine groups is 1. The monoisotopic (exact) mass is 526 g/mol. The molecule has 0 unspecified atom stereocenters. The van der Waals surface area contributed by atoms with Gasteiger partial charge in [0.05, 0.1) is 6.54 Å². The minimum Gasteiger partial charge on any atom is -0.486 e. The number of benzene rings is 2. The number of hydrogen-bond acceptors (Lipinski definition) is 6. The summed E-state index contributed by atoms with van der Waals surface area (Å²) in [6.45, 7) is 2.07. The molecule has 0 aliphatic carbocycles. The fourth-order valence-electron chi connectivity index (χ4n) is 2.95. The van der Waals surface area contributed by atoms with Gasteiger partial charge in [-0.15, -0.1) is 17.0 Å². The first-order valence-corrected chi connectivity index (χ1v) is 10.6. The highest BCUT2D eigenvalue weighted by Gasteiger charge is 2.22. The van der Waals surface area contributed by atoms with Crippen molar-refractivity contribution in [1.29, 1.82) is 0 Å². The van der Waals surface area contributed by atoms with Gasteiger partial charge in [-0.25, -0.2) is 0 Å². The first-order valence-electron chi connectivity index (χ1n) is 8.84. The van der Waals surface area contributed by atoms with Crippen LogP contribution in [0.5, 0.6) is 11.5 Å². The van der Waals surface area contributed by atoms with E-state index in [9.17, 15) is 4.79 Å². The molecule has 0 spiro atoms. The Balaban J connectivity index is 0.00000225. The van der Waals surface area contributed by atoms with Gasteiger partial charge in [0.25, 0.3) is 0 Å². The number of thioether (sulfide) groups is 1. The maximum absolute atomic E-state index is 13.0. The molecule has 4 rings (SSSR count). The SMILES string of the molecule is Br.O=C(CN(C1=NCCCS1)c1ccc(Br)cc1)c1ccc2c(c1)OCCO2. The fourth-order valence-corrected chi connectivity index (χ4v) is 4.18. The number of fused-ring (bicyclic) bond motifs is 1. The van der Waals surface area contributed by atoms with E-state index in [0.717, 1.165) is 34.0 Å². The van der Waals surface area contributed by atoms with E-state index in [4.69, 9.17) is 9.47 Å². The van der Waals surface area contributed by atoms with Gasteiger partial charge in [0.1, 0.15) is 13.2 Å². The molecule has 0 radical (unpaired) electrons. The van der Waals surface area contributed by atoms with Crippen molar-refractivity contribution < 1.29 is 14.3 Å². The molecule has 28 heavy (non-hydrogen) atoms. The van der Waals surface area contributed by atoms with Crippen LogP contribution in [-0.4, -0.2) is 43.0 Å². The van der Waals surface area contributed by atoms with Crippen molar-refractivity contribution >= 4 is 61.3 Å². The number of carbonyl (C=O) groups is 1. The molecule has 148 valence electrons. The molecule has 0 saturated heterocycles. The maximum Gasteiger partial charge on any atom is 0.182 e. The van der Waals surface area contributed by atoms with Crippen LogP contribution < -0.4 is 14.4 Å². The summed E-state index contributed by atoms with van der Waals surface area (Å²) in [4.78, 5) is 19.7. The van der Waals surface area contributed by atoms with E-state index in [1.807, 2.05) is 29.2 Å². The molecule has 0 saturated carbocycles. The van der Waals surface area contributed by atoms with Gasteiger partial charge >= 0.3 is 0 Å². The number of nitrogens with zero attached hydrogens (tertiary/aromatic N) is 2. The number of carbonyl (C=O) groups excluding carboxylic acids is 1. The third-order valence-corrected chi connectivity index (χ3v) is 5.94. The molecule has 0 bridgehead atoms. The quantitative estimate of drug-likeness (QED) is 0.525. The van der Waals surface area contributed by atoms with Gasteiger partial charge in [0, 0.05) is 28.0 Å². The summed E-state index contributed by atoms with van der Waals surface area (Å²) in [6, 6.07) is 13.3. The van der Waals surface area contributed by atoms with Crippen LogP contribution in [-0.2, 0) is 0 Å². The van der Waals surface area contributed by atoms with E-state index >= 15 is 0 Å². The van der Waals surface area contributed by atoms with Crippen molar-refractivity contribution in [3.05, 3.63) is 52.5 Å². The zero-order valence-corrected chi connectivity index (χ0v) is 19.2. The second kappa shape index (κ2) is 9.80. The maximum atomic E-state index is 13.0. The van der Waals surface area contributed by atoms with Crippen LogP contribution in [0.15, 0.2) is 51.9 Å². The van der Waals surface area contributed by atoms with Crippen LogP contribution in [0.2, 0.25) is 0 Å². The zero-order valence-electron chi connectivity index (χ0n) is 15.1. The summed E-state index contributed by atoms with van der Waals surface area (Å²) in [5.41, 5.74) is 1.57. The van der Waals surface area contributed by atoms with E-state index in [1.54, 1.807) is 30.0 Å². The van der Waals surface area contributed by atoms with E-state index in [-0.39, 0.29) is 29.3 Å². The summed E-state index contributed by atoms with van der Waals surface area (Å²) in [5, 5.41) is 0.898. The fraction of sp³-hybridized carbons (Fsp3) is 0.300. The molecule has 8 heteroatoms. The molecule has 0 atom stereocenters. The Hall–Kier alpha value is -1.51. The number of Topliss-reactive ketones (excluding diaryl/α,β-unsaturated/α-hetero) is 1. The number of anilines is 1. The van der Waals surface area contributed by atoms with E-state index in [0.29, 0.717) is 30.3 Å². The van der Waals surface area contributed by atoms with Gasteiger partial charge in [-0.05, 0) is 48.9 Å².